The zero-order valence-electron chi connectivity index (χ0n) is 8.46. The maximum Gasteiger partial charge on any atom is 0.229 e. The second-order valence-corrected chi connectivity index (χ2v) is 3.70. The Balaban J connectivity index is 2.28. The molecule has 0 aromatic carbocycles. The molecule has 0 aromatic heterocycles. The van der Waals surface area contributed by atoms with Gasteiger partial charge in [-0.2, -0.15) is 0 Å². The Bertz CT molecular complexity index is 189. The molecule has 0 N–H and O–H groups in total. The smallest absolute Gasteiger partial charge is 0.229 e. The molecule has 1 saturated heterocycles. The zero-order valence-corrected chi connectivity index (χ0v) is 8.46. The molecule has 1 unspecified atom stereocenters. The Morgan fingerprint density at radius 2 is 2.38 bits per heavy atom. The van der Waals surface area contributed by atoms with E-state index in [1.54, 1.807) is 11.1 Å². The van der Waals surface area contributed by atoms with E-state index in [0.29, 0.717) is 0 Å². The summed E-state index contributed by atoms with van der Waals surface area (Å²) in [5.41, 5.74) is 0. The molecule has 0 aromatic rings. The normalized spacial score (nSPS) is 22.4. The van der Waals surface area contributed by atoms with Gasteiger partial charge in [0.15, 0.2) is 0 Å². The van der Waals surface area contributed by atoms with Gasteiger partial charge in [0, 0.05) is 12.5 Å². The highest BCUT2D eigenvalue weighted by molar-refractivity contribution is 5.81. The number of hydrogen-bond donors (Lipinski definition) is 0. The fourth-order valence-electron chi connectivity index (χ4n) is 1.85. The molecule has 1 atom stereocenters. The summed E-state index contributed by atoms with van der Waals surface area (Å²) in [7, 11) is 0. The van der Waals surface area contributed by atoms with Crippen LogP contribution in [0, 0.1) is 5.92 Å². The average Bonchev–Trinajstić information content (AvgIpc) is 2.48. The summed E-state index contributed by atoms with van der Waals surface area (Å²) in [4.78, 5) is 13.3. The first-order valence-corrected chi connectivity index (χ1v) is 5.22. The van der Waals surface area contributed by atoms with Gasteiger partial charge in [0.2, 0.25) is 5.91 Å². The van der Waals surface area contributed by atoms with E-state index in [2.05, 4.69) is 13.5 Å². The molecule has 1 aliphatic rings. The quantitative estimate of drug-likeness (QED) is 0.597. The number of carbonyl (C=O) groups is 1. The molecule has 0 spiro atoms. The van der Waals surface area contributed by atoms with Crippen LogP contribution in [0.1, 0.15) is 39.0 Å². The Labute approximate surface area is 80.6 Å². The lowest BCUT2D eigenvalue weighted by molar-refractivity contribution is -0.128. The van der Waals surface area contributed by atoms with Crippen molar-refractivity contribution in [3.8, 4) is 0 Å². The van der Waals surface area contributed by atoms with Crippen molar-refractivity contribution >= 4 is 5.91 Å². The van der Waals surface area contributed by atoms with Crippen molar-refractivity contribution in [1.29, 1.82) is 0 Å². The summed E-state index contributed by atoms with van der Waals surface area (Å²) in [5, 5.41) is 0. The topological polar surface area (TPSA) is 20.3 Å². The van der Waals surface area contributed by atoms with Crippen LogP contribution in [-0.2, 0) is 4.79 Å². The number of unbranched alkanes of at least 4 members (excludes halogenated alkanes) is 2. The van der Waals surface area contributed by atoms with Gasteiger partial charge in [-0.05, 0) is 19.0 Å². The van der Waals surface area contributed by atoms with Crippen molar-refractivity contribution < 1.29 is 4.79 Å². The van der Waals surface area contributed by atoms with Crippen molar-refractivity contribution in [2.75, 3.05) is 6.54 Å². The Kier molecular flexibility index (Phi) is 4.00. The predicted octanol–water partition coefficient (Wildman–Crippen LogP) is 2.56. The first kappa shape index (κ1) is 10.3. The molecule has 2 heteroatoms. The van der Waals surface area contributed by atoms with Crippen LogP contribution in [-0.4, -0.2) is 17.4 Å². The second-order valence-electron chi connectivity index (χ2n) is 3.70. The van der Waals surface area contributed by atoms with E-state index in [1.165, 1.54) is 19.3 Å². The number of likely N-dealkylation sites (tertiary alicyclic amines) is 1. The monoisotopic (exact) mass is 181 g/mol. The Morgan fingerprint density at radius 1 is 1.62 bits per heavy atom. The van der Waals surface area contributed by atoms with Crippen LogP contribution in [0.4, 0.5) is 0 Å². The first-order valence-electron chi connectivity index (χ1n) is 5.22. The van der Waals surface area contributed by atoms with Gasteiger partial charge >= 0.3 is 0 Å². The van der Waals surface area contributed by atoms with Crippen LogP contribution in [0.3, 0.4) is 0 Å². The van der Waals surface area contributed by atoms with Crippen molar-refractivity contribution in [2.24, 2.45) is 5.92 Å². The number of amides is 1. The second kappa shape index (κ2) is 5.05. The molecular weight excluding hydrogens is 162 g/mol. The molecule has 1 aliphatic heterocycles. The minimum absolute atomic E-state index is 0.282. The van der Waals surface area contributed by atoms with E-state index in [-0.39, 0.29) is 11.8 Å². The van der Waals surface area contributed by atoms with Gasteiger partial charge < -0.3 is 4.90 Å². The fraction of sp³-hybridized carbons (Fsp3) is 0.727. The third kappa shape index (κ3) is 2.58. The molecule has 1 amide bonds. The van der Waals surface area contributed by atoms with E-state index in [4.69, 9.17) is 0 Å². The molecule has 0 bridgehead atoms. The highest BCUT2D eigenvalue weighted by Gasteiger charge is 2.28. The first-order chi connectivity index (χ1) is 6.29. The third-order valence-electron chi connectivity index (χ3n) is 2.73. The summed E-state index contributed by atoms with van der Waals surface area (Å²) < 4.78 is 0. The lowest BCUT2D eigenvalue weighted by Gasteiger charge is -2.10. The summed E-state index contributed by atoms with van der Waals surface area (Å²) in [6.45, 7) is 6.69. The maximum atomic E-state index is 11.6. The molecule has 13 heavy (non-hydrogen) atoms. The van der Waals surface area contributed by atoms with Gasteiger partial charge in [-0.15, -0.1) is 0 Å². The average molecular weight is 181 g/mol. The maximum absolute atomic E-state index is 11.6. The minimum Gasteiger partial charge on any atom is -0.319 e. The number of rotatable bonds is 5. The molecule has 0 radical (unpaired) electrons. The highest BCUT2D eigenvalue weighted by Crippen LogP contribution is 2.23. The van der Waals surface area contributed by atoms with Crippen molar-refractivity contribution in [1.82, 2.24) is 4.90 Å². The molecule has 1 heterocycles. The fourth-order valence-corrected chi connectivity index (χ4v) is 1.85. The van der Waals surface area contributed by atoms with Gasteiger partial charge in [-0.3, -0.25) is 4.79 Å². The molecule has 2 nitrogen and oxygen atoms in total. The minimum atomic E-state index is 0.282. The SMILES string of the molecule is C=CN1CCC(CCCCC)C1=O. The van der Waals surface area contributed by atoms with E-state index in [9.17, 15) is 4.79 Å². The summed E-state index contributed by atoms with van der Waals surface area (Å²) in [6, 6.07) is 0. The third-order valence-corrected chi connectivity index (χ3v) is 2.73. The van der Waals surface area contributed by atoms with Crippen molar-refractivity contribution in [3.63, 3.8) is 0 Å². The number of hydrogen-bond acceptors (Lipinski definition) is 1. The van der Waals surface area contributed by atoms with Crippen LogP contribution in [0.15, 0.2) is 12.8 Å². The molecule has 1 rings (SSSR count). The zero-order chi connectivity index (χ0) is 9.68. The molecular formula is C11H19NO. The number of carbonyl (C=O) groups excluding carboxylic acids is 1. The molecule has 1 fully saturated rings. The van der Waals surface area contributed by atoms with Crippen molar-refractivity contribution in [3.05, 3.63) is 12.8 Å². The highest BCUT2D eigenvalue weighted by atomic mass is 16.2. The van der Waals surface area contributed by atoms with E-state index < -0.39 is 0 Å². The van der Waals surface area contributed by atoms with Crippen molar-refractivity contribution in [2.45, 2.75) is 39.0 Å². The Hall–Kier alpha value is -0.790. The van der Waals surface area contributed by atoms with E-state index >= 15 is 0 Å². The van der Waals surface area contributed by atoms with Crippen LogP contribution in [0.5, 0.6) is 0 Å². The Morgan fingerprint density at radius 3 is 2.92 bits per heavy atom. The largest absolute Gasteiger partial charge is 0.319 e. The standard InChI is InChI=1S/C11H19NO/c1-3-5-6-7-10-8-9-12(4-2)11(10)13/h4,10H,2-3,5-9H2,1H3. The van der Waals surface area contributed by atoms with Gasteiger partial charge in [0.25, 0.3) is 0 Å². The number of nitrogens with zero attached hydrogens (tertiary/aromatic N) is 1. The lowest BCUT2D eigenvalue weighted by Crippen LogP contribution is -2.21. The van der Waals surface area contributed by atoms with Crippen LogP contribution >= 0.6 is 0 Å². The summed E-state index contributed by atoms with van der Waals surface area (Å²) in [6.07, 6.45) is 7.41. The predicted molar refractivity (Wildman–Crippen MR) is 54.2 cm³/mol. The van der Waals surface area contributed by atoms with Crippen LogP contribution < -0.4 is 0 Å². The molecule has 0 aliphatic carbocycles. The van der Waals surface area contributed by atoms with Crippen LogP contribution in [0.25, 0.3) is 0 Å². The van der Waals surface area contributed by atoms with Gasteiger partial charge in [0.1, 0.15) is 0 Å². The summed E-state index contributed by atoms with van der Waals surface area (Å²) >= 11 is 0. The lowest BCUT2D eigenvalue weighted by atomic mass is 10.0. The summed E-state index contributed by atoms with van der Waals surface area (Å²) in [5.74, 6) is 0.565. The van der Waals surface area contributed by atoms with Gasteiger partial charge in [0.05, 0.1) is 0 Å². The van der Waals surface area contributed by atoms with E-state index in [0.717, 1.165) is 19.4 Å². The van der Waals surface area contributed by atoms with Gasteiger partial charge in [-0.1, -0.05) is 32.8 Å². The van der Waals surface area contributed by atoms with Gasteiger partial charge in [-0.25, -0.2) is 0 Å². The molecule has 74 valence electrons. The molecule has 0 saturated carbocycles. The van der Waals surface area contributed by atoms with E-state index in [1.807, 2.05) is 0 Å². The van der Waals surface area contributed by atoms with Crippen LogP contribution in [0.2, 0.25) is 0 Å².